The first-order valence-corrected chi connectivity index (χ1v) is 10.3. The molecule has 2 amide bonds. The Balaban J connectivity index is 1.46. The summed E-state index contributed by atoms with van der Waals surface area (Å²) in [5, 5.41) is 12.9. The first kappa shape index (κ1) is 21.6. The van der Waals surface area contributed by atoms with Gasteiger partial charge in [-0.05, 0) is 43.2 Å². The second-order valence-electron chi connectivity index (χ2n) is 8.02. The highest BCUT2D eigenvalue weighted by Crippen LogP contribution is 2.25. The second-order valence-corrected chi connectivity index (χ2v) is 8.02. The molecule has 1 saturated heterocycles. The maximum Gasteiger partial charge on any atom is 0.277 e. The Bertz CT molecular complexity index is 907. The molecule has 0 aliphatic carbocycles. The van der Waals surface area contributed by atoms with E-state index >= 15 is 0 Å². The van der Waals surface area contributed by atoms with Gasteiger partial charge in [-0.2, -0.15) is 0 Å². The molecule has 1 aliphatic heterocycles. The summed E-state index contributed by atoms with van der Waals surface area (Å²) in [4.78, 5) is 29.8. The Morgan fingerprint density at radius 2 is 1.83 bits per heavy atom. The second kappa shape index (κ2) is 9.63. The number of carbonyl (C=O) groups is 2. The van der Waals surface area contributed by atoms with E-state index in [0.717, 1.165) is 48.7 Å². The summed E-state index contributed by atoms with van der Waals surface area (Å²) in [5.74, 6) is 0.0441. The third-order valence-electron chi connectivity index (χ3n) is 5.57. The Morgan fingerprint density at radius 3 is 2.53 bits per heavy atom. The molecule has 3 rings (SSSR count). The molecule has 7 nitrogen and oxygen atoms in total. The number of para-hydroxylation sites is 2. The number of aryl methyl sites for hydroxylation is 2. The zero-order valence-corrected chi connectivity index (χ0v) is 17.9. The van der Waals surface area contributed by atoms with Gasteiger partial charge in [0, 0.05) is 12.7 Å². The number of phenols is 1. The zero-order valence-electron chi connectivity index (χ0n) is 17.9. The number of amides is 2. The van der Waals surface area contributed by atoms with E-state index in [9.17, 15) is 14.7 Å². The van der Waals surface area contributed by atoms with Gasteiger partial charge in [-0.15, -0.1) is 0 Å². The topological polar surface area (TPSA) is 77.3 Å². The van der Waals surface area contributed by atoms with Crippen LogP contribution in [0.5, 0.6) is 5.75 Å². The minimum atomic E-state index is -0.195. The number of nitrogens with zero attached hydrogens (tertiary/aromatic N) is 2. The number of phenolic OH excluding ortho intramolecular Hbond substituents is 1. The number of hydrogen-bond donors (Lipinski definition) is 3. The van der Waals surface area contributed by atoms with Crippen LogP contribution in [-0.2, 0) is 9.59 Å². The molecule has 0 atom stereocenters. The fraction of sp³-hybridized carbons (Fsp3) is 0.391. The Kier molecular flexibility index (Phi) is 6.95. The maximum atomic E-state index is 12.6. The van der Waals surface area contributed by atoms with Gasteiger partial charge in [-0.1, -0.05) is 24.3 Å². The number of piperazine rings is 1. The zero-order chi connectivity index (χ0) is 21.7. The number of likely N-dealkylation sites (N-methyl/N-ethyl adjacent to an activating group) is 1. The summed E-state index contributed by atoms with van der Waals surface area (Å²) in [5.41, 5.74) is 3.69. The minimum Gasteiger partial charge on any atom is -0.506 e. The summed E-state index contributed by atoms with van der Waals surface area (Å²) in [7, 11) is 1.67. The molecule has 2 aromatic carbocycles. The van der Waals surface area contributed by atoms with Crippen LogP contribution in [0.25, 0.3) is 0 Å². The molecule has 3 N–H and O–H groups in total. The molecule has 2 aromatic rings. The minimum absolute atomic E-state index is 0.0313. The van der Waals surface area contributed by atoms with Crippen molar-refractivity contribution in [2.24, 2.45) is 0 Å². The van der Waals surface area contributed by atoms with Gasteiger partial charge in [0.15, 0.2) is 6.54 Å². The van der Waals surface area contributed by atoms with E-state index in [4.69, 9.17) is 0 Å². The third kappa shape index (κ3) is 5.51. The van der Waals surface area contributed by atoms with E-state index in [1.807, 2.05) is 50.2 Å². The van der Waals surface area contributed by atoms with Crippen molar-refractivity contribution in [1.82, 2.24) is 4.90 Å². The normalized spacial score (nSPS) is 14.4. The van der Waals surface area contributed by atoms with Gasteiger partial charge in [0.05, 0.1) is 38.4 Å². The van der Waals surface area contributed by atoms with Crippen molar-refractivity contribution in [3.63, 3.8) is 0 Å². The molecule has 0 unspecified atom stereocenters. The number of anilines is 2. The third-order valence-corrected chi connectivity index (χ3v) is 5.57. The molecule has 7 heteroatoms. The summed E-state index contributed by atoms with van der Waals surface area (Å²) in [6.45, 7) is 7.49. The van der Waals surface area contributed by atoms with Crippen LogP contribution in [0.3, 0.4) is 0 Å². The molecule has 0 bridgehead atoms. The number of nitrogens with one attached hydrogen (secondary N) is 2. The Labute approximate surface area is 177 Å². The van der Waals surface area contributed by atoms with Crippen molar-refractivity contribution >= 4 is 23.2 Å². The van der Waals surface area contributed by atoms with Gasteiger partial charge in [0.2, 0.25) is 5.91 Å². The summed E-state index contributed by atoms with van der Waals surface area (Å²) >= 11 is 0. The van der Waals surface area contributed by atoms with Crippen LogP contribution in [0.2, 0.25) is 0 Å². The number of rotatable bonds is 6. The average molecular weight is 412 g/mol. The predicted octanol–water partition coefficient (Wildman–Crippen LogP) is 0.811. The van der Waals surface area contributed by atoms with Crippen molar-refractivity contribution in [3.8, 4) is 5.75 Å². The summed E-state index contributed by atoms with van der Waals surface area (Å²) in [6.07, 6.45) is 0. The molecule has 1 aliphatic rings. The average Bonchev–Trinajstić information content (AvgIpc) is 2.71. The van der Waals surface area contributed by atoms with Gasteiger partial charge >= 0.3 is 0 Å². The lowest BCUT2D eigenvalue weighted by Gasteiger charge is -2.34. The fourth-order valence-corrected chi connectivity index (χ4v) is 3.68. The monoisotopic (exact) mass is 411 g/mol. The fourth-order valence-electron chi connectivity index (χ4n) is 3.68. The van der Waals surface area contributed by atoms with E-state index in [0.29, 0.717) is 6.54 Å². The SMILES string of the molecule is Cc1ccc(C)c(NC(=O)CN(C)C(=O)C[NH+]2CCN(c3ccccc3O)CC2)c1. The standard InChI is InChI=1S/C23H30N4O3/c1-17-8-9-18(2)19(14-17)24-22(29)15-25(3)23(30)16-26-10-12-27(13-11-26)20-6-4-5-7-21(20)28/h4-9,14,28H,10-13,15-16H2,1-3H3,(H,24,29)/p+1. The van der Waals surface area contributed by atoms with Crippen LogP contribution in [0.4, 0.5) is 11.4 Å². The molecule has 0 radical (unpaired) electrons. The van der Waals surface area contributed by atoms with E-state index in [2.05, 4.69) is 10.2 Å². The quantitative estimate of drug-likeness (QED) is 0.658. The van der Waals surface area contributed by atoms with Crippen LogP contribution in [0.1, 0.15) is 11.1 Å². The molecule has 30 heavy (non-hydrogen) atoms. The Hall–Kier alpha value is -3.06. The lowest BCUT2D eigenvalue weighted by molar-refractivity contribution is -0.892. The molecular formula is C23H31N4O3+. The maximum absolute atomic E-state index is 12.6. The van der Waals surface area contributed by atoms with Crippen molar-refractivity contribution in [1.29, 1.82) is 0 Å². The van der Waals surface area contributed by atoms with Crippen LogP contribution < -0.4 is 15.1 Å². The first-order valence-electron chi connectivity index (χ1n) is 10.3. The lowest BCUT2D eigenvalue weighted by atomic mass is 10.1. The van der Waals surface area contributed by atoms with Crippen LogP contribution >= 0.6 is 0 Å². The number of carbonyl (C=O) groups excluding carboxylic acids is 2. The van der Waals surface area contributed by atoms with E-state index in [1.165, 1.54) is 9.80 Å². The molecule has 0 spiro atoms. The molecule has 160 valence electrons. The van der Waals surface area contributed by atoms with E-state index < -0.39 is 0 Å². The van der Waals surface area contributed by atoms with Gasteiger partial charge in [-0.25, -0.2) is 0 Å². The largest absolute Gasteiger partial charge is 0.506 e. The molecular weight excluding hydrogens is 380 g/mol. The van der Waals surface area contributed by atoms with Crippen LogP contribution in [0, 0.1) is 13.8 Å². The predicted molar refractivity (Wildman–Crippen MR) is 118 cm³/mol. The Morgan fingerprint density at radius 1 is 1.13 bits per heavy atom. The van der Waals surface area contributed by atoms with Crippen molar-refractivity contribution in [2.45, 2.75) is 13.8 Å². The van der Waals surface area contributed by atoms with Gasteiger partial charge in [0.25, 0.3) is 5.91 Å². The first-order chi connectivity index (χ1) is 14.3. The number of hydrogen-bond acceptors (Lipinski definition) is 4. The van der Waals surface area contributed by atoms with Gasteiger partial charge in [0.1, 0.15) is 5.75 Å². The highest BCUT2D eigenvalue weighted by molar-refractivity contribution is 5.95. The van der Waals surface area contributed by atoms with E-state index in [1.54, 1.807) is 13.1 Å². The molecule has 0 aromatic heterocycles. The van der Waals surface area contributed by atoms with Crippen molar-refractivity contribution in [2.75, 3.05) is 56.5 Å². The van der Waals surface area contributed by atoms with Gasteiger partial charge < -0.3 is 25.1 Å². The van der Waals surface area contributed by atoms with Crippen LogP contribution in [0.15, 0.2) is 42.5 Å². The number of quaternary nitrogens is 1. The summed E-state index contributed by atoms with van der Waals surface area (Å²) < 4.78 is 0. The molecule has 0 saturated carbocycles. The molecule has 1 fully saturated rings. The molecule has 1 heterocycles. The van der Waals surface area contributed by atoms with Gasteiger partial charge in [-0.3, -0.25) is 9.59 Å². The highest BCUT2D eigenvalue weighted by Gasteiger charge is 2.25. The van der Waals surface area contributed by atoms with E-state index in [-0.39, 0.29) is 24.1 Å². The van der Waals surface area contributed by atoms with Crippen molar-refractivity contribution in [3.05, 3.63) is 53.6 Å². The number of benzene rings is 2. The highest BCUT2D eigenvalue weighted by atomic mass is 16.3. The number of aromatic hydroxyl groups is 1. The smallest absolute Gasteiger partial charge is 0.277 e. The van der Waals surface area contributed by atoms with Crippen LogP contribution in [-0.4, -0.2) is 68.1 Å². The summed E-state index contributed by atoms with van der Waals surface area (Å²) in [6, 6.07) is 13.2. The lowest BCUT2D eigenvalue weighted by Crippen LogP contribution is -3.15. The van der Waals surface area contributed by atoms with Crippen molar-refractivity contribution < 1.29 is 19.6 Å².